The number of amides is 1. The fourth-order valence-electron chi connectivity index (χ4n) is 2.92. The van der Waals surface area contributed by atoms with E-state index >= 15 is 0 Å². The lowest BCUT2D eigenvalue weighted by Crippen LogP contribution is -2.49. The summed E-state index contributed by atoms with van der Waals surface area (Å²) in [6.45, 7) is 7.47. The minimum Gasteiger partial charge on any atom is -0.444 e. The second-order valence-electron chi connectivity index (χ2n) is 7.30. The summed E-state index contributed by atoms with van der Waals surface area (Å²) >= 11 is 1.72. The summed E-state index contributed by atoms with van der Waals surface area (Å²) in [6.07, 6.45) is 1.80. The summed E-state index contributed by atoms with van der Waals surface area (Å²) in [7, 11) is 1.83. The molecule has 1 aromatic carbocycles. The fourth-order valence-corrected chi connectivity index (χ4v) is 3.92. The molecule has 0 unspecified atom stereocenters. The topological polar surface area (TPSA) is 45.7 Å². The summed E-state index contributed by atoms with van der Waals surface area (Å²) in [5.41, 5.74) is 0.576. The number of anilines is 1. The molecule has 2 heterocycles. The van der Waals surface area contributed by atoms with Gasteiger partial charge in [-0.15, -0.1) is 0 Å². The van der Waals surface area contributed by atoms with Crippen LogP contribution in [0.4, 0.5) is 9.93 Å². The minimum atomic E-state index is -0.466. The SMILES string of the molecule is CN(C(=O)OC(C)(C)C)[C@@H]1CCCN(c2nc3ccccc3s2)C1. The van der Waals surface area contributed by atoms with Gasteiger partial charge in [-0.05, 0) is 45.7 Å². The van der Waals surface area contributed by atoms with Crippen molar-refractivity contribution in [2.75, 3.05) is 25.0 Å². The van der Waals surface area contributed by atoms with Crippen molar-refractivity contribution in [1.82, 2.24) is 9.88 Å². The third-order valence-corrected chi connectivity index (χ3v) is 5.28. The highest BCUT2D eigenvalue weighted by Crippen LogP contribution is 2.31. The normalized spacial score (nSPS) is 18.7. The minimum absolute atomic E-state index is 0.153. The monoisotopic (exact) mass is 347 g/mol. The standard InChI is InChI=1S/C18H25N3O2S/c1-18(2,3)23-17(22)20(4)13-8-7-11-21(12-13)16-19-14-9-5-6-10-15(14)24-16/h5-6,9-10,13H,7-8,11-12H2,1-4H3/t13-/m1/s1. The molecule has 0 N–H and O–H groups in total. The Morgan fingerprint density at radius 3 is 2.83 bits per heavy atom. The lowest BCUT2D eigenvalue weighted by Gasteiger charge is -2.38. The van der Waals surface area contributed by atoms with Crippen LogP contribution < -0.4 is 4.90 Å². The van der Waals surface area contributed by atoms with Gasteiger partial charge in [0.25, 0.3) is 0 Å². The van der Waals surface area contributed by atoms with Crippen LogP contribution in [0.3, 0.4) is 0 Å². The number of hydrogen-bond donors (Lipinski definition) is 0. The first kappa shape index (κ1) is 17.0. The van der Waals surface area contributed by atoms with Gasteiger partial charge in [0, 0.05) is 20.1 Å². The molecule has 1 saturated heterocycles. The quantitative estimate of drug-likeness (QED) is 0.819. The number of rotatable bonds is 2. The van der Waals surface area contributed by atoms with E-state index in [0.717, 1.165) is 36.6 Å². The number of carbonyl (C=O) groups excluding carboxylic acids is 1. The summed E-state index contributed by atoms with van der Waals surface area (Å²) < 4.78 is 6.70. The zero-order chi connectivity index (χ0) is 17.3. The molecule has 0 aliphatic carbocycles. The maximum atomic E-state index is 12.3. The number of carbonyl (C=O) groups is 1. The van der Waals surface area contributed by atoms with Gasteiger partial charge in [-0.3, -0.25) is 0 Å². The van der Waals surface area contributed by atoms with Crippen LogP contribution >= 0.6 is 11.3 Å². The molecule has 1 atom stereocenters. The lowest BCUT2D eigenvalue weighted by atomic mass is 10.1. The highest BCUT2D eigenvalue weighted by atomic mass is 32.1. The maximum absolute atomic E-state index is 12.3. The molecule has 3 rings (SSSR count). The van der Waals surface area contributed by atoms with E-state index in [2.05, 4.69) is 11.0 Å². The van der Waals surface area contributed by atoms with E-state index in [0.29, 0.717) is 0 Å². The number of likely N-dealkylation sites (N-methyl/N-ethyl adjacent to an activating group) is 1. The van der Waals surface area contributed by atoms with Crippen molar-refractivity contribution in [2.45, 2.75) is 45.3 Å². The van der Waals surface area contributed by atoms with Crippen molar-refractivity contribution in [1.29, 1.82) is 0 Å². The first-order valence-electron chi connectivity index (χ1n) is 8.40. The molecule has 130 valence electrons. The van der Waals surface area contributed by atoms with Crippen LogP contribution in [0, 0.1) is 0 Å². The van der Waals surface area contributed by atoms with E-state index in [1.54, 1.807) is 16.2 Å². The van der Waals surface area contributed by atoms with E-state index in [4.69, 9.17) is 9.72 Å². The Balaban J connectivity index is 1.70. The number of benzene rings is 1. The van der Waals surface area contributed by atoms with Crippen molar-refractivity contribution in [3.63, 3.8) is 0 Å². The number of fused-ring (bicyclic) bond motifs is 1. The molecule has 24 heavy (non-hydrogen) atoms. The molecule has 0 bridgehead atoms. The number of piperidine rings is 1. The number of nitrogens with zero attached hydrogens (tertiary/aromatic N) is 3. The van der Waals surface area contributed by atoms with Gasteiger partial charge in [-0.1, -0.05) is 23.5 Å². The lowest BCUT2D eigenvalue weighted by molar-refractivity contribution is 0.0210. The van der Waals surface area contributed by atoms with Crippen molar-refractivity contribution in [3.8, 4) is 0 Å². The van der Waals surface area contributed by atoms with Crippen LogP contribution in [0.15, 0.2) is 24.3 Å². The summed E-state index contributed by atoms with van der Waals surface area (Å²) in [4.78, 5) is 21.1. The summed E-state index contributed by atoms with van der Waals surface area (Å²) in [6, 6.07) is 8.36. The number of aromatic nitrogens is 1. The van der Waals surface area contributed by atoms with Gasteiger partial charge in [0.15, 0.2) is 5.13 Å². The van der Waals surface area contributed by atoms with Crippen LogP contribution in [0.2, 0.25) is 0 Å². The molecule has 5 nitrogen and oxygen atoms in total. The van der Waals surface area contributed by atoms with Crippen LogP contribution in [0.1, 0.15) is 33.6 Å². The zero-order valence-electron chi connectivity index (χ0n) is 14.8. The van der Waals surface area contributed by atoms with Gasteiger partial charge >= 0.3 is 6.09 Å². The van der Waals surface area contributed by atoms with Crippen molar-refractivity contribution in [3.05, 3.63) is 24.3 Å². The maximum Gasteiger partial charge on any atom is 0.410 e. The molecule has 6 heteroatoms. The number of hydrogen-bond acceptors (Lipinski definition) is 5. The average molecular weight is 347 g/mol. The summed E-state index contributed by atoms with van der Waals surface area (Å²) in [5, 5.41) is 1.04. The molecule has 1 aliphatic rings. The van der Waals surface area contributed by atoms with Gasteiger partial charge in [0.05, 0.1) is 16.3 Å². The highest BCUT2D eigenvalue weighted by molar-refractivity contribution is 7.22. The third-order valence-electron chi connectivity index (χ3n) is 4.18. The molecule has 0 spiro atoms. The van der Waals surface area contributed by atoms with E-state index in [1.807, 2.05) is 46.0 Å². The molecule has 1 fully saturated rings. The number of para-hydroxylation sites is 1. The van der Waals surface area contributed by atoms with Crippen LogP contribution in [0.25, 0.3) is 10.2 Å². The molecule has 2 aromatic rings. The van der Waals surface area contributed by atoms with Gasteiger partial charge in [-0.25, -0.2) is 9.78 Å². The third kappa shape index (κ3) is 3.80. The largest absolute Gasteiger partial charge is 0.444 e. The predicted molar refractivity (Wildman–Crippen MR) is 98.9 cm³/mol. The van der Waals surface area contributed by atoms with Gasteiger partial charge in [0.1, 0.15) is 5.60 Å². The Labute approximate surface area is 147 Å². The van der Waals surface area contributed by atoms with Gasteiger partial charge in [-0.2, -0.15) is 0 Å². The second kappa shape index (κ2) is 6.59. The van der Waals surface area contributed by atoms with Gasteiger partial charge in [0.2, 0.25) is 0 Å². The van der Waals surface area contributed by atoms with Crippen molar-refractivity contribution in [2.24, 2.45) is 0 Å². The van der Waals surface area contributed by atoms with E-state index in [9.17, 15) is 4.79 Å². The smallest absolute Gasteiger partial charge is 0.410 e. The van der Waals surface area contributed by atoms with E-state index in [1.165, 1.54) is 4.70 Å². The molecular formula is C18H25N3O2S. The average Bonchev–Trinajstić information content (AvgIpc) is 2.96. The van der Waals surface area contributed by atoms with Gasteiger partial charge < -0.3 is 14.5 Å². The van der Waals surface area contributed by atoms with E-state index < -0.39 is 5.60 Å². The first-order chi connectivity index (χ1) is 11.3. The molecule has 0 saturated carbocycles. The Kier molecular flexibility index (Phi) is 4.67. The van der Waals surface area contributed by atoms with Crippen LogP contribution in [0.5, 0.6) is 0 Å². The molecule has 1 aromatic heterocycles. The molecule has 0 radical (unpaired) electrons. The second-order valence-corrected chi connectivity index (χ2v) is 8.31. The van der Waals surface area contributed by atoms with Crippen molar-refractivity contribution >= 4 is 32.8 Å². The molecule has 1 amide bonds. The zero-order valence-corrected chi connectivity index (χ0v) is 15.6. The Hall–Kier alpha value is -1.82. The summed E-state index contributed by atoms with van der Waals surface area (Å²) in [5.74, 6) is 0. The van der Waals surface area contributed by atoms with Crippen LogP contribution in [-0.2, 0) is 4.74 Å². The Morgan fingerprint density at radius 1 is 1.38 bits per heavy atom. The Morgan fingerprint density at radius 2 is 2.12 bits per heavy atom. The van der Waals surface area contributed by atoms with Crippen molar-refractivity contribution < 1.29 is 9.53 Å². The van der Waals surface area contributed by atoms with Crippen LogP contribution in [-0.4, -0.2) is 47.8 Å². The Bertz CT molecular complexity index is 689. The highest BCUT2D eigenvalue weighted by Gasteiger charge is 2.30. The van der Waals surface area contributed by atoms with E-state index in [-0.39, 0.29) is 12.1 Å². The molecule has 1 aliphatic heterocycles. The predicted octanol–water partition coefficient (Wildman–Crippen LogP) is 4.13. The fraction of sp³-hybridized carbons (Fsp3) is 0.556. The molecular weight excluding hydrogens is 322 g/mol. The number of thiazole rings is 1. The number of ether oxygens (including phenoxy) is 1. The first-order valence-corrected chi connectivity index (χ1v) is 9.21.